The average Bonchev–Trinajstić information content (AvgIpc) is 2.51. The molecule has 4 nitrogen and oxygen atoms in total. The number of benzene rings is 1. The molecule has 0 saturated heterocycles. The van der Waals surface area contributed by atoms with Crippen LogP contribution in [-0.2, 0) is 0 Å². The summed E-state index contributed by atoms with van der Waals surface area (Å²) in [6, 6.07) is 14.1. The van der Waals surface area contributed by atoms with E-state index in [-0.39, 0.29) is 0 Å². The van der Waals surface area contributed by atoms with Crippen molar-refractivity contribution < 1.29 is 4.98 Å². The number of hydrogen-bond acceptors (Lipinski definition) is 3. The normalized spacial score (nSPS) is 10.1. The van der Waals surface area contributed by atoms with E-state index >= 15 is 0 Å². The number of aromatic amines is 1. The van der Waals surface area contributed by atoms with Gasteiger partial charge in [0.15, 0.2) is 6.20 Å². The minimum absolute atomic E-state index is 0.972. The van der Waals surface area contributed by atoms with Crippen LogP contribution in [0.2, 0.25) is 0 Å². The molecule has 0 unspecified atom stereocenters. The molecule has 19 heavy (non-hydrogen) atoms. The Morgan fingerprint density at radius 3 is 2.21 bits per heavy atom. The molecule has 2 heterocycles. The second-order valence-corrected chi connectivity index (χ2v) is 4.02. The number of nitrogens with one attached hydrogen (secondary N) is 1. The summed E-state index contributed by atoms with van der Waals surface area (Å²) in [6.07, 6.45) is 8.96. The highest BCUT2D eigenvalue weighted by atomic mass is 15.2. The van der Waals surface area contributed by atoms with Crippen LogP contribution in [0.15, 0.2) is 73.6 Å². The fourth-order valence-electron chi connectivity index (χ4n) is 1.96. The molecular weight excluding hydrogens is 236 g/mol. The van der Waals surface area contributed by atoms with Gasteiger partial charge in [-0.25, -0.2) is 4.98 Å². The Balaban J connectivity index is 2.12. The average molecular weight is 249 g/mol. The summed E-state index contributed by atoms with van der Waals surface area (Å²) in [5, 5.41) is 0. The van der Waals surface area contributed by atoms with Gasteiger partial charge in [-0.3, -0.25) is 4.98 Å². The SMILES string of the molecule is c1ccc(N(c2ccncc2)c2cnc[nH+]c2)cc1. The lowest BCUT2D eigenvalue weighted by Gasteiger charge is -2.22. The number of para-hydroxylation sites is 1. The smallest absolute Gasteiger partial charge is 0.284 e. The minimum Gasteiger partial charge on any atom is -0.304 e. The Morgan fingerprint density at radius 1 is 0.789 bits per heavy atom. The van der Waals surface area contributed by atoms with E-state index in [1.807, 2.05) is 42.7 Å². The molecule has 4 heteroatoms. The maximum Gasteiger partial charge on any atom is 0.284 e. The Bertz CT molecular complexity index is 532. The number of anilines is 3. The third-order valence-electron chi connectivity index (χ3n) is 2.78. The second-order valence-electron chi connectivity index (χ2n) is 4.02. The third kappa shape index (κ3) is 2.42. The zero-order valence-corrected chi connectivity index (χ0v) is 10.3. The van der Waals surface area contributed by atoms with Crippen LogP contribution in [0.5, 0.6) is 0 Å². The van der Waals surface area contributed by atoms with E-state index < -0.39 is 0 Å². The third-order valence-corrected chi connectivity index (χ3v) is 2.78. The molecule has 0 bridgehead atoms. The molecule has 3 aromatic rings. The number of nitrogens with zero attached hydrogens (tertiary/aromatic N) is 3. The molecule has 1 aromatic carbocycles. The molecule has 0 amide bonds. The van der Waals surface area contributed by atoms with E-state index in [9.17, 15) is 0 Å². The van der Waals surface area contributed by atoms with Crippen molar-refractivity contribution >= 4 is 17.1 Å². The van der Waals surface area contributed by atoms with Crippen molar-refractivity contribution in [1.29, 1.82) is 0 Å². The van der Waals surface area contributed by atoms with Gasteiger partial charge >= 0.3 is 0 Å². The summed E-state index contributed by atoms with van der Waals surface area (Å²) >= 11 is 0. The predicted molar refractivity (Wildman–Crippen MR) is 73.3 cm³/mol. The van der Waals surface area contributed by atoms with Gasteiger partial charge in [0.2, 0.25) is 0 Å². The highest BCUT2D eigenvalue weighted by Crippen LogP contribution is 2.32. The van der Waals surface area contributed by atoms with E-state index in [1.54, 1.807) is 18.7 Å². The summed E-state index contributed by atoms with van der Waals surface area (Å²) in [5.41, 5.74) is 3.10. The van der Waals surface area contributed by atoms with Crippen LogP contribution < -0.4 is 9.88 Å². The molecule has 0 spiro atoms. The molecule has 0 aliphatic carbocycles. The van der Waals surface area contributed by atoms with Crippen molar-refractivity contribution in [3.05, 3.63) is 73.6 Å². The first-order valence-corrected chi connectivity index (χ1v) is 6.01. The fourth-order valence-corrected chi connectivity index (χ4v) is 1.96. The van der Waals surface area contributed by atoms with Crippen molar-refractivity contribution in [3.8, 4) is 0 Å². The molecule has 0 saturated carbocycles. The molecule has 3 rings (SSSR count). The summed E-state index contributed by atoms with van der Waals surface area (Å²) in [7, 11) is 0. The van der Waals surface area contributed by atoms with E-state index in [1.165, 1.54) is 0 Å². The molecule has 0 aliphatic rings. The highest BCUT2D eigenvalue weighted by molar-refractivity contribution is 5.74. The van der Waals surface area contributed by atoms with Gasteiger partial charge < -0.3 is 4.90 Å². The van der Waals surface area contributed by atoms with Crippen LogP contribution in [0.3, 0.4) is 0 Å². The van der Waals surface area contributed by atoms with Crippen molar-refractivity contribution in [2.75, 3.05) is 4.90 Å². The van der Waals surface area contributed by atoms with E-state index in [0.29, 0.717) is 0 Å². The molecule has 0 aliphatic heterocycles. The second kappa shape index (κ2) is 5.27. The Morgan fingerprint density at radius 2 is 1.53 bits per heavy atom. The summed E-state index contributed by atoms with van der Waals surface area (Å²) in [5.74, 6) is 0. The fraction of sp³-hybridized carbons (Fsp3) is 0. The Hall–Kier alpha value is -2.75. The predicted octanol–water partition coefficient (Wildman–Crippen LogP) is 2.76. The van der Waals surface area contributed by atoms with E-state index in [4.69, 9.17) is 0 Å². The molecule has 0 atom stereocenters. The zero-order valence-electron chi connectivity index (χ0n) is 10.3. The van der Waals surface area contributed by atoms with Crippen LogP contribution >= 0.6 is 0 Å². The number of pyridine rings is 1. The number of H-pyrrole nitrogens is 1. The first-order chi connectivity index (χ1) is 9.45. The number of hydrogen-bond donors (Lipinski definition) is 0. The summed E-state index contributed by atoms with van der Waals surface area (Å²) in [6.45, 7) is 0. The van der Waals surface area contributed by atoms with Crippen molar-refractivity contribution in [1.82, 2.24) is 9.97 Å². The first kappa shape index (κ1) is 11.3. The topological polar surface area (TPSA) is 43.2 Å². The molecule has 1 N–H and O–H groups in total. The van der Waals surface area contributed by atoms with Crippen molar-refractivity contribution in [3.63, 3.8) is 0 Å². The van der Waals surface area contributed by atoms with Gasteiger partial charge in [0.05, 0.1) is 0 Å². The van der Waals surface area contributed by atoms with Crippen LogP contribution in [0.1, 0.15) is 0 Å². The van der Waals surface area contributed by atoms with Gasteiger partial charge in [-0.05, 0) is 24.3 Å². The quantitative estimate of drug-likeness (QED) is 0.716. The van der Waals surface area contributed by atoms with Gasteiger partial charge in [0.25, 0.3) is 6.33 Å². The van der Waals surface area contributed by atoms with Gasteiger partial charge in [0, 0.05) is 23.8 Å². The summed E-state index contributed by atoms with van der Waals surface area (Å²) in [4.78, 5) is 13.3. The monoisotopic (exact) mass is 249 g/mol. The van der Waals surface area contributed by atoms with Crippen LogP contribution in [0, 0.1) is 0 Å². The number of rotatable bonds is 3. The number of aromatic nitrogens is 3. The highest BCUT2D eigenvalue weighted by Gasteiger charge is 2.13. The lowest BCUT2D eigenvalue weighted by atomic mass is 10.2. The molecule has 2 aromatic heterocycles. The molecule has 0 fully saturated rings. The van der Waals surface area contributed by atoms with Crippen molar-refractivity contribution in [2.45, 2.75) is 0 Å². The van der Waals surface area contributed by atoms with Gasteiger partial charge in [-0.2, -0.15) is 0 Å². The van der Waals surface area contributed by atoms with Crippen LogP contribution in [0.25, 0.3) is 0 Å². The van der Waals surface area contributed by atoms with Crippen LogP contribution in [-0.4, -0.2) is 9.97 Å². The maximum absolute atomic E-state index is 4.14. The van der Waals surface area contributed by atoms with Crippen molar-refractivity contribution in [2.24, 2.45) is 0 Å². The Labute approximate surface area is 111 Å². The zero-order chi connectivity index (χ0) is 12.9. The Kier molecular flexibility index (Phi) is 3.14. The molecule has 92 valence electrons. The molecule has 0 radical (unpaired) electrons. The van der Waals surface area contributed by atoms with E-state index in [0.717, 1.165) is 17.1 Å². The van der Waals surface area contributed by atoms with Gasteiger partial charge in [0.1, 0.15) is 11.9 Å². The summed E-state index contributed by atoms with van der Waals surface area (Å²) < 4.78 is 0. The van der Waals surface area contributed by atoms with Gasteiger partial charge in [-0.15, -0.1) is 0 Å². The molecular formula is C15H13N4+. The van der Waals surface area contributed by atoms with E-state index in [2.05, 4.69) is 32.0 Å². The standard InChI is InChI=1S/C15H12N4/c1-2-4-13(5-3-1)19(14-6-8-16-9-7-14)15-10-17-12-18-11-15/h1-12H/p+1. The first-order valence-electron chi connectivity index (χ1n) is 6.01. The lowest BCUT2D eigenvalue weighted by Crippen LogP contribution is -2.13. The minimum atomic E-state index is 0.972. The van der Waals surface area contributed by atoms with Crippen LogP contribution in [0.4, 0.5) is 17.1 Å². The maximum atomic E-state index is 4.14. The van der Waals surface area contributed by atoms with Gasteiger partial charge in [-0.1, -0.05) is 23.2 Å². The largest absolute Gasteiger partial charge is 0.304 e. The lowest BCUT2D eigenvalue weighted by molar-refractivity contribution is -0.381.